The average molecular weight is 478 g/mol. The van der Waals surface area contributed by atoms with Crippen molar-refractivity contribution in [2.24, 2.45) is 5.73 Å². The summed E-state index contributed by atoms with van der Waals surface area (Å²) in [7, 11) is 1.46. The fraction of sp³-hybridized carbons (Fsp3) is 0.185. The van der Waals surface area contributed by atoms with Crippen LogP contribution in [0.3, 0.4) is 0 Å². The molecule has 4 aromatic rings. The van der Waals surface area contributed by atoms with Crippen LogP contribution in [0.2, 0.25) is 0 Å². The molecule has 0 radical (unpaired) electrons. The van der Waals surface area contributed by atoms with E-state index in [0.717, 1.165) is 0 Å². The molecule has 3 aromatic carbocycles. The summed E-state index contributed by atoms with van der Waals surface area (Å²) in [6, 6.07) is 12.0. The van der Waals surface area contributed by atoms with Gasteiger partial charge in [-0.25, -0.2) is 8.78 Å². The number of aryl methyl sites for hydroxylation is 1. The van der Waals surface area contributed by atoms with Crippen molar-refractivity contribution >= 4 is 22.8 Å². The first kappa shape index (κ1) is 23.9. The highest BCUT2D eigenvalue weighted by molar-refractivity contribution is 6.08. The molecular formula is C27H24F2N2O4. The topological polar surface area (TPSA) is 94.6 Å². The van der Waals surface area contributed by atoms with E-state index in [4.69, 9.17) is 14.9 Å². The summed E-state index contributed by atoms with van der Waals surface area (Å²) in [4.78, 5) is 24.9. The Balaban J connectivity index is 1.89. The summed E-state index contributed by atoms with van der Waals surface area (Å²) in [6.07, 6.45) is 0.130. The number of primary amides is 1. The third kappa shape index (κ3) is 4.47. The van der Waals surface area contributed by atoms with Crippen LogP contribution in [0.1, 0.15) is 44.5 Å². The van der Waals surface area contributed by atoms with E-state index in [1.807, 2.05) is 0 Å². The predicted octanol–water partition coefficient (Wildman–Crippen LogP) is 5.13. The Morgan fingerprint density at radius 2 is 1.77 bits per heavy atom. The molecular weight excluding hydrogens is 454 g/mol. The number of fused-ring (bicyclic) bond motifs is 1. The number of benzene rings is 3. The van der Waals surface area contributed by atoms with Crippen molar-refractivity contribution in [2.45, 2.75) is 20.3 Å². The number of rotatable bonds is 7. The molecule has 0 aliphatic carbocycles. The summed E-state index contributed by atoms with van der Waals surface area (Å²) in [5, 5.41) is 2.68. The summed E-state index contributed by atoms with van der Waals surface area (Å²) in [6.45, 7) is 3.98. The molecule has 4 rings (SSSR count). The highest BCUT2D eigenvalue weighted by Crippen LogP contribution is 2.38. The van der Waals surface area contributed by atoms with Crippen molar-refractivity contribution in [3.8, 4) is 16.9 Å². The molecule has 3 N–H and O–H groups in total. The first-order valence-corrected chi connectivity index (χ1v) is 11.0. The van der Waals surface area contributed by atoms with Crippen LogP contribution in [0.25, 0.3) is 22.1 Å². The van der Waals surface area contributed by atoms with Gasteiger partial charge in [-0.15, -0.1) is 0 Å². The van der Waals surface area contributed by atoms with Crippen LogP contribution in [0, 0.1) is 18.6 Å². The molecule has 0 fully saturated rings. The van der Waals surface area contributed by atoms with Gasteiger partial charge in [0.15, 0.2) is 0 Å². The van der Waals surface area contributed by atoms with Crippen molar-refractivity contribution in [1.82, 2.24) is 5.32 Å². The number of amides is 2. The molecule has 0 saturated carbocycles. The zero-order valence-corrected chi connectivity index (χ0v) is 19.5. The number of ether oxygens (including phenoxy) is 1. The van der Waals surface area contributed by atoms with E-state index >= 15 is 4.39 Å². The third-order valence-corrected chi connectivity index (χ3v) is 5.81. The second kappa shape index (κ2) is 9.58. The minimum Gasteiger partial charge on any atom is -0.496 e. The first-order valence-electron chi connectivity index (χ1n) is 11.0. The number of carbonyl (C=O) groups excluding carboxylic acids is 2. The van der Waals surface area contributed by atoms with E-state index in [-0.39, 0.29) is 45.7 Å². The number of furan rings is 1. The van der Waals surface area contributed by atoms with Gasteiger partial charge in [0, 0.05) is 18.5 Å². The first-order chi connectivity index (χ1) is 16.7. The monoisotopic (exact) mass is 478 g/mol. The number of hydrogen-bond acceptors (Lipinski definition) is 4. The van der Waals surface area contributed by atoms with Gasteiger partial charge in [-0.2, -0.15) is 0 Å². The van der Waals surface area contributed by atoms with E-state index in [0.29, 0.717) is 29.0 Å². The van der Waals surface area contributed by atoms with E-state index in [9.17, 15) is 14.0 Å². The summed E-state index contributed by atoms with van der Waals surface area (Å²) in [5.41, 5.74) is 7.96. The lowest BCUT2D eigenvalue weighted by atomic mass is 9.94. The fourth-order valence-electron chi connectivity index (χ4n) is 4.15. The molecule has 2 amide bonds. The van der Waals surface area contributed by atoms with E-state index < -0.39 is 17.5 Å². The van der Waals surface area contributed by atoms with Gasteiger partial charge in [0.1, 0.15) is 28.7 Å². The quantitative estimate of drug-likeness (QED) is 0.385. The number of halogens is 2. The van der Waals surface area contributed by atoms with Gasteiger partial charge in [0.25, 0.3) is 11.8 Å². The lowest BCUT2D eigenvalue weighted by Gasteiger charge is -2.14. The summed E-state index contributed by atoms with van der Waals surface area (Å²) < 4.78 is 40.4. The Hall–Kier alpha value is -4.20. The van der Waals surface area contributed by atoms with Gasteiger partial charge in [0.05, 0.1) is 23.6 Å². The maximum absolute atomic E-state index is 16.0. The van der Waals surface area contributed by atoms with E-state index in [1.54, 1.807) is 44.2 Å². The zero-order chi connectivity index (χ0) is 25.3. The molecule has 0 aliphatic rings. The van der Waals surface area contributed by atoms with Crippen molar-refractivity contribution in [3.05, 3.63) is 88.2 Å². The second-order valence-electron chi connectivity index (χ2n) is 8.09. The van der Waals surface area contributed by atoms with Crippen molar-refractivity contribution in [2.75, 3.05) is 13.7 Å². The Bertz CT molecular complexity index is 1440. The van der Waals surface area contributed by atoms with E-state index in [2.05, 4.69) is 5.32 Å². The molecule has 1 aromatic heterocycles. The van der Waals surface area contributed by atoms with Gasteiger partial charge in [-0.1, -0.05) is 12.1 Å². The second-order valence-corrected chi connectivity index (χ2v) is 8.09. The highest BCUT2D eigenvalue weighted by Gasteiger charge is 2.25. The van der Waals surface area contributed by atoms with Crippen LogP contribution in [-0.4, -0.2) is 25.5 Å². The third-order valence-electron chi connectivity index (χ3n) is 5.81. The van der Waals surface area contributed by atoms with Gasteiger partial charge >= 0.3 is 0 Å². The molecule has 180 valence electrons. The number of nitrogens with one attached hydrogen (secondary N) is 1. The molecule has 0 spiro atoms. The molecule has 0 unspecified atom stereocenters. The molecule has 35 heavy (non-hydrogen) atoms. The van der Waals surface area contributed by atoms with Gasteiger partial charge < -0.3 is 20.2 Å². The molecule has 1 heterocycles. The van der Waals surface area contributed by atoms with Crippen molar-refractivity contribution < 1.29 is 27.5 Å². The minimum atomic E-state index is -0.841. The minimum absolute atomic E-state index is 0.0399. The predicted molar refractivity (Wildman–Crippen MR) is 129 cm³/mol. The Morgan fingerprint density at radius 3 is 2.40 bits per heavy atom. The standard InChI is InChI=1S/C27H24F2N2O4/c1-4-31-27(33)19-13-18(14(2)11-21(19)34-3)17-9-10-20-23(25(17)29)24(26(30)32)22(35-20)12-15-5-7-16(28)8-6-15/h5-11,13H,4,12H2,1-3H3,(H2,30,32)(H,31,33). The molecule has 8 heteroatoms. The van der Waals surface area contributed by atoms with Gasteiger partial charge in [-0.3, -0.25) is 9.59 Å². The number of hydrogen-bond donors (Lipinski definition) is 2. The number of nitrogens with two attached hydrogens (primary N) is 1. The SMILES string of the molecule is CCNC(=O)c1cc(-c2ccc3oc(Cc4ccc(F)cc4)c(C(N)=O)c3c2F)c(C)cc1OC. The Morgan fingerprint density at radius 1 is 1.06 bits per heavy atom. The smallest absolute Gasteiger partial charge is 0.255 e. The van der Waals surface area contributed by atoms with Crippen LogP contribution in [0.15, 0.2) is 52.9 Å². The largest absolute Gasteiger partial charge is 0.496 e. The molecule has 0 atom stereocenters. The van der Waals surface area contributed by atoms with Crippen LogP contribution < -0.4 is 15.8 Å². The maximum Gasteiger partial charge on any atom is 0.255 e. The number of methoxy groups -OCH3 is 1. The summed E-state index contributed by atoms with van der Waals surface area (Å²) in [5.74, 6) is -1.74. The molecule has 0 aliphatic heterocycles. The zero-order valence-electron chi connectivity index (χ0n) is 19.5. The molecule has 0 bridgehead atoms. The van der Waals surface area contributed by atoms with Crippen LogP contribution >= 0.6 is 0 Å². The maximum atomic E-state index is 16.0. The fourth-order valence-corrected chi connectivity index (χ4v) is 4.15. The van der Waals surface area contributed by atoms with Crippen molar-refractivity contribution in [3.63, 3.8) is 0 Å². The average Bonchev–Trinajstić information content (AvgIpc) is 3.20. The van der Waals surface area contributed by atoms with Crippen molar-refractivity contribution in [1.29, 1.82) is 0 Å². The van der Waals surface area contributed by atoms with Crippen LogP contribution in [0.5, 0.6) is 5.75 Å². The Kier molecular flexibility index (Phi) is 6.55. The van der Waals surface area contributed by atoms with Gasteiger partial charge in [-0.05, 0) is 66.9 Å². The van der Waals surface area contributed by atoms with Crippen LogP contribution in [-0.2, 0) is 6.42 Å². The lowest BCUT2D eigenvalue weighted by Crippen LogP contribution is -2.23. The number of carbonyl (C=O) groups is 2. The van der Waals surface area contributed by atoms with Gasteiger partial charge in [0.2, 0.25) is 0 Å². The normalized spacial score (nSPS) is 11.0. The Labute approximate surface area is 200 Å². The molecule has 6 nitrogen and oxygen atoms in total. The highest BCUT2D eigenvalue weighted by atomic mass is 19.1. The van der Waals surface area contributed by atoms with E-state index in [1.165, 1.54) is 25.3 Å². The molecule has 0 saturated heterocycles. The van der Waals surface area contributed by atoms with Crippen LogP contribution in [0.4, 0.5) is 8.78 Å². The summed E-state index contributed by atoms with van der Waals surface area (Å²) >= 11 is 0. The lowest BCUT2D eigenvalue weighted by molar-refractivity contribution is 0.0951.